The van der Waals surface area contributed by atoms with E-state index in [0.29, 0.717) is 6.04 Å². The first-order chi connectivity index (χ1) is 9.61. The number of aromatic nitrogens is 1. The molecule has 0 radical (unpaired) electrons. The van der Waals surface area contributed by atoms with Crippen LogP contribution in [0.25, 0.3) is 0 Å². The molecule has 20 heavy (non-hydrogen) atoms. The van der Waals surface area contributed by atoms with Gasteiger partial charge in [0.05, 0.1) is 5.69 Å². The fourth-order valence-corrected chi connectivity index (χ4v) is 3.13. The lowest BCUT2D eigenvalue weighted by Crippen LogP contribution is -2.23. The lowest BCUT2D eigenvalue weighted by atomic mass is 10.0. The monoisotopic (exact) mass is 290 g/mol. The summed E-state index contributed by atoms with van der Waals surface area (Å²) in [5.74, 6) is 1.82. The molecule has 0 aliphatic heterocycles. The van der Waals surface area contributed by atoms with Gasteiger partial charge in [0.25, 0.3) is 5.22 Å². The first-order valence-corrected chi connectivity index (χ1v) is 7.96. The van der Waals surface area contributed by atoms with Crippen LogP contribution in [-0.4, -0.2) is 17.3 Å². The van der Waals surface area contributed by atoms with E-state index in [1.54, 1.807) is 11.8 Å². The molecule has 0 fully saturated rings. The molecule has 108 valence electrons. The van der Waals surface area contributed by atoms with Crippen molar-refractivity contribution in [3.05, 3.63) is 46.8 Å². The average molecular weight is 290 g/mol. The fourth-order valence-electron chi connectivity index (χ4n) is 2.14. The van der Waals surface area contributed by atoms with Gasteiger partial charge in [-0.2, -0.15) is 0 Å². The maximum Gasteiger partial charge on any atom is 0.256 e. The van der Waals surface area contributed by atoms with E-state index in [0.717, 1.165) is 29.0 Å². The van der Waals surface area contributed by atoms with Crippen molar-refractivity contribution in [1.29, 1.82) is 0 Å². The Kier molecular flexibility index (Phi) is 5.26. The minimum Gasteiger partial charge on any atom is -0.437 e. The van der Waals surface area contributed by atoms with Gasteiger partial charge in [-0.3, -0.25) is 0 Å². The molecular formula is C16H22N2OS. The standard InChI is InChI=1S/C16H22N2OS/c1-5-17-15(14-9-7-6-8-11(14)2)10-20-16-18-12(3)13(4)19-16/h6-9,15,17H,5,10H2,1-4H3. The SMILES string of the molecule is CCNC(CSc1nc(C)c(C)o1)c1ccccc1C. The third-order valence-electron chi connectivity index (χ3n) is 3.40. The number of thioether (sulfide) groups is 1. The quantitative estimate of drug-likeness (QED) is 0.815. The van der Waals surface area contributed by atoms with Crippen molar-refractivity contribution in [2.24, 2.45) is 0 Å². The maximum absolute atomic E-state index is 5.63. The molecule has 1 unspecified atom stereocenters. The van der Waals surface area contributed by atoms with Gasteiger partial charge >= 0.3 is 0 Å². The van der Waals surface area contributed by atoms with Crippen molar-refractivity contribution < 1.29 is 4.42 Å². The molecule has 4 heteroatoms. The van der Waals surface area contributed by atoms with Gasteiger partial charge in [0.1, 0.15) is 5.76 Å². The van der Waals surface area contributed by atoms with Crippen molar-refractivity contribution in [3.63, 3.8) is 0 Å². The predicted octanol–water partition coefficient (Wildman–Crippen LogP) is 4.04. The second-order valence-corrected chi connectivity index (χ2v) is 5.87. The van der Waals surface area contributed by atoms with Gasteiger partial charge in [-0.1, -0.05) is 43.0 Å². The summed E-state index contributed by atoms with van der Waals surface area (Å²) in [7, 11) is 0. The van der Waals surface area contributed by atoms with Gasteiger partial charge < -0.3 is 9.73 Å². The number of oxazole rings is 1. The van der Waals surface area contributed by atoms with Crippen LogP contribution in [0.1, 0.15) is 35.5 Å². The topological polar surface area (TPSA) is 38.1 Å². The molecule has 0 spiro atoms. The van der Waals surface area contributed by atoms with Crippen LogP contribution in [0.5, 0.6) is 0 Å². The molecule has 0 aliphatic rings. The fraction of sp³-hybridized carbons (Fsp3) is 0.438. The number of hydrogen-bond acceptors (Lipinski definition) is 4. The van der Waals surface area contributed by atoms with Gasteiger partial charge in [-0.15, -0.1) is 0 Å². The van der Waals surface area contributed by atoms with Crippen LogP contribution in [0.2, 0.25) is 0 Å². The largest absolute Gasteiger partial charge is 0.437 e. The first-order valence-electron chi connectivity index (χ1n) is 6.97. The summed E-state index contributed by atoms with van der Waals surface area (Å²) in [5, 5.41) is 4.30. The van der Waals surface area contributed by atoms with Crippen LogP contribution in [0, 0.1) is 20.8 Å². The predicted molar refractivity (Wildman–Crippen MR) is 84.3 cm³/mol. The zero-order chi connectivity index (χ0) is 14.5. The minimum atomic E-state index is 0.318. The van der Waals surface area contributed by atoms with Gasteiger partial charge in [-0.05, 0) is 38.4 Å². The van der Waals surface area contributed by atoms with Crippen LogP contribution in [0.3, 0.4) is 0 Å². The van der Waals surface area contributed by atoms with E-state index in [4.69, 9.17) is 4.42 Å². The second-order valence-electron chi connectivity index (χ2n) is 4.90. The number of nitrogens with zero attached hydrogens (tertiary/aromatic N) is 1. The van der Waals surface area contributed by atoms with Gasteiger partial charge in [0, 0.05) is 11.8 Å². The number of nitrogens with one attached hydrogen (secondary N) is 1. The van der Waals surface area contributed by atoms with Crippen molar-refractivity contribution in [2.75, 3.05) is 12.3 Å². The Balaban J connectivity index is 2.08. The number of benzene rings is 1. The molecule has 1 aromatic heterocycles. The summed E-state index contributed by atoms with van der Waals surface area (Å²) >= 11 is 1.67. The highest BCUT2D eigenvalue weighted by atomic mass is 32.2. The van der Waals surface area contributed by atoms with E-state index in [2.05, 4.69) is 48.4 Å². The summed E-state index contributed by atoms with van der Waals surface area (Å²) in [6.45, 7) is 9.17. The lowest BCUT2D eigenvalue weighted by molar-refractivity contribution is 0.430. The van der Waals surface area contributed by atoms with Crippen molar-refractivity contribution in [3.8, 4) is 0 Å². The first kappa shape index (κ1) is 15.1. The molecule has 1 N–H and O–H groups in total. The minimum absolute atomic E-state index is 0.318. The van der Waals surface area contributed by atoms with E-state index in [1.165, 1.54) is 11.1 Å². The van der Waals surface area contributed by atoms with E-state index < -0.39 is 0 Å². The molecule has 1 heterocycles. The Morgan fingerprint density at radius 2 is 2.00 bits per heavy atom. The molecule has 1 aromatic carbocycles. The molecule has 3 nitrogen and oxygen atoms in total. The summed E-state index contributed by atoms with van der Waals surface area (Å²) < 4.78 is 5.63. The molecule has 2 aromatic rings. The third kappa shape index (κ3) is 3.64. The molecular weight excluding hydrogens is 268 g/mol. The van der Waals surface area contributed by atoms with Crippen molar-refractivity contribution >= 4 is 11.8 Å². The summed E-state index contributed by atoms with van der Waals surface area (Å²) in [6.07, 6.45) is 0. The van der Waals surface area contributed by atoms with E-state index in [-0.39, 0.29) is 0 Å². The Morgan fingerprint density at radius 1 is 1.25 bits per heavy atom. The highest BCUT2D eigenvalue weighted by molar-refractivity contribution is 7.99. The maximum atomic E-state index is 5.63. The Labute approximate surface area is 125 Å². The van der Waals surface area contributed by atoms with Crippen LogP contribution in [-0.2, 0) is 0 Å². The molecule has 0 aliphatic carbocycles. The summed E-state index contributed by atoms with van der Waals surface area (Å²) in [6, 6.07) is 8.84. The third-order valence-corrected chi connectivity index (χ3v) is 4.32. The Morgan fingerprint density at radius 3 is 2.60 bits per heavy atom. The van der Waals surface area contributed by atoms with E-state index in [1.807, 2.05) is 13.8 Å². The van der Waals surface area contributed by atoms with Crippen LogP contribution in [0.15, 0.2) is 33.9 Å². The van der Waals surface area contributed by atoms with Crippen molar-refractivity contribution in [1.82, 2.24) is 10.3 Å². The second kappa shape index (κ2) is 6.95. The summed E-state index contributed by atoms with van der Waals surface area (Å²) in [5.41, 5.74) is 3.64. The molecule has 0 bridgehead atoms. The molecule has 1 atom stereocenters. The lowest BCUT2D eigenvalue weighted by Gasteiger charge is -2.19. The van der Waals surface area contributed by atoms with Crippen LogP contribution in [0.4, 0.5) is 0 Å². The Hall–Kier alpha value is -1.26. The highest BCUT2D eigenvalue weighted by Crippen LogP contribution is 2.27. The normalized spacial score (nSPS) is 12.6. The van der Waals surface area contributed by atoms with Crippen molar-refractivity contribution in [2.45, 2.75) is 39.0 Å². The van der Waals surface area contributed by atoms with Crippen LogP contribution < -0.4 is 5.32 Å². The number of rotatable bonds is 6. The van der Waals surface area contributed by atoms with Crippen LogP contribution >= 0.6 is 11.8 Å². The highest BCUT2D eigenvalue weighted by Gasteiger charge is 2.15. The molecule has 0 saturated heterocycles. The number of aryl methyl sites for hydroxylation is 3. The van der Waals surface area contributed by atoms with E-state index in [9.17, 15) is 0 Å². The van der Waals surface area contributed by atoms with E-state index >= 15 is 0 Å². The Bertz CT molecular complexity index is 546. The zero-order valence-electron chi connectivity index (χ0n) is 12.6. The number of hydrogen-bond donors (Lipinski definition) is 1. The van der Waals surface area contributed by atoms with Gasteiger partial charge in [0.2, 0.25) is 0 Å². The molecule has 2 rings (SSSR count). The molecule has 0 amide bonds. The summed E-state index contributed by atoms with van der Waals surface area (Å²) in [4.78, 5) is 4.43. The zero-order valence-corrected chi connectivity index (χ0v) is 13.4. The van der Waals surface area contributed by atoms with Gasteiger partial charge in [0.15, 0.2) is 0 Å². The van der Waals surface area contributed by atoms with Gasteiger partial charge in [-0.25, -0.2) is 4.98 Å². The average Bonchev–Trinajstić information content (AvgIpc) is 2.75. The smallest absolute Gasteiger partial charge is 0.256 e. The molecule has 0 saturated carbocycles.